The van der Waals surface area contributed by atoms with E-state index >= 15 is 0 Å². The summed E-state index contributed by atoms with van der Waals surface area (Å²) in [6, 6.07) is 0.598. The van der Waals surface area contributed by atoms with Crippen molar-refractivity contribution in [1.29, 1.82) is 0 Å². The third kappa shape index (κ3) is 3.76. The highest BCUT2D eigenvalue weighted by Gasteiger charge is 2.23. The van der Waals surface area contributed by atoms with Crippen molar-refractivity contribution < 1.29 is 9.53 Å². The van der Waals surface area contributed by atoms with Crippen molar-refractivity contribution in [3.8, 4) is 0 Å². The van der Waals surface area contributed by atoms with Gasteiger partial charge in [-0.15, -0.1) is 0 Å². The van der Waals surface area contributed by atoms with Crippen LogP contribution in [0.25, 0.3) is 0 Å². The van der Waals surface area contributed by atoms with Crippen LogP contribution in [0.15, 0.2) is 0 Å². The Labute approximate surface area is 86.2 Å². The highest BCUT2D eigenvalue weighted by molar-refractivity contribution is 5.78. The third-order valence-electron chi connectivity index (χ3n) is 3.04. The van der Waals surface area contributed by atoms with Crippen LogP contribution >= 0.6 is 0 Å². The summed E-state index contributed by atoms with van der Waals surface area (Å²) in [6.07, 6.45) is 4.38. The molecule has 0 aliphatic heterocycles. The summed E-state index contributed by atoms with van der Waals surface area (Å²) < 4.78 is 4.98. The van der Waals surface area contributed by atoms with Crippen LogP contribution in [0.3, 0.4) is 0 Å². The maximum Gasteiger partial charge on any atom is 0.132 e. The summed E-state index contributed by atoms with van der Waals surface area (Å²) in [7, 11) is 1.72. The van der Waals surface area contributed by atoms with Gasteiger partial charge >= 0.3 is 0 Å². The Hall–Kier alpha value is -0.410. The highest BCUT2D eigenvalue weighted by atomic mass is 16.5. The molecule has 3 nitrogen and oxygen atoms in total. The lowest BCUT2D eigenvalue weighted by Gasteiger charge is -2.27. The zero-order chi connectivity index (χ0) is 10.4. The van der Waals surface area contributed by atoms with E-state index < -0.39 is 0 Å². The van der Waals surface area contributed by atoms with Gasteiger partial charge in [0.25, 0.3) is 0 Å². The monoisotopic (exact) mass is 199 g/mol. The summed E-state index contributed by atoms with van der Waals surface area (Å²) in [5.74, 6) is 0.691. The number of nitrogens with one attached hydrogen (secondary N) is 1. The molecule has 1 N–H and O–H groups in total. The third-order valence-corrected chi connectivity index (χ3v) is 3.04. The fraction of sp³-hybridized carbons (Fsp3) is 0.909. The van der Waals surface area contributed by atoms with E-state index in [-0.39, 0.29) is 0 Å². The number of rotatable bonds is 5. The first kappa shape index (κ1) is 11.7. The van der Waals surface area contributed by atoms with Gasteiger partial charge in [0.2, 0.25) is 0 Å². The molecule has 0 saturated heterocycles. The molecule has 0 aromatic rings. The molecule has 1 saturated carbocycles. The van der Waals surface area contributed by atoms with E-state index in [9.17, 15) is 4.79 Å². The van der Waals surface area contributed by atoms with Gasteiger partial charge < -0.3 is 10.1 Å². The lowest BCUT2D eigenvalue weighted by Crippen LogP contribution is -2.36. The van der Waals surface area contributed by atoms with Crippen molar-refractivity contribution in [2.45, 2.75) is 38.6 Å². The summed E-state index contributed by atoms with van der Waals surface area (Å²) in [5, 5.41) is 3.45. The highest BCUT2D eigenvalue weighted by Crippen LogP contribution is 2.24. The van der Waals surface area contributed by atoms with Gasteiger partial charge in [-0.2, -0.15) is 0 Å². The minimum atomic E-state index is 0.329. The van der Waals surface area contributed by atoms with E-state index in [1.165, 1.54) is 0 Å². The van der Waals surface area contributed by atoms with E-state index in [2.05, 4.69) is 5.32 Å². The number of Topliss-reactive ketones (excluding diaryl/α,β-unsaturated/α-hetero) is 1. The molecule has 14 heavy (non-hydrogen) atoms. The second-order valence-corrected chi connectivity index (χ2v) is 4.11. The molecule has 1 fully saturated rings. The van der Waals surface area contributed by atoms with E-state index in [1.807, 2.05) is 0 Å². The molecule has 0 aromatic carbocycles. The van der Waals surface area contributed by atoms with Crippen LogP contribution in [0, 0.1) is 5.92 Å². The number of ketones is 1. The molecule has 0 spiro atoms. The van der Waals surface area contributed by atoms with Gasteiger partial charge in [-0.05, 0) is 32.6 Å². The fourth-order valence-electron chi connectivity index (χ4n) is 2.07. The Balaban J connectivity index is 2.12. The minimum Gasteiger partial charge on any atom is -0.383 e. The average Bonchev–Trinajstić information content (AvgIpc) is 2.19. The molecule has 0 amide bonds. The van der Waals surface area contributed by atoms with Crippen molar-refractivity contribution in [2.24, 2.45) is 5.92 Å². The number of hydrogen-bond donors (Lipinski definition) is 1. The number of hydrogen-bond acceptors (Lipinski definition) is 3. The molecule has 1 rings (SSSR count). The number of methoxy groups -OCH3 is 1. The molecule has 0 aromatic heterocycles. The van der Waals surface area contributed by atoms with Gasteiger partial charge in [-0.3, -0.25) is 4.79 Å². The molecule has 1 aliphatic carbocycles. The molecule has 82 valence electrons. The second kappa shape index (κ2) is 6.14. The Morgan fingerprint density at radius 3 is 2.50 bits per heavy atom. The van der Waals surface area contributed by atoms with Gasteiger partial charge in [-0.25, -0.2) is 0 Å². The Bertz CT molecular complexity index is 174. The standard InChI is InChI=1S/C11H21NO2/c1-9(13)10-3-5-11(6-4-10)12-7-8-14-2/h10-12H,3-8H2,1-2H3/t10-,11-. The zero-order valence-electron chi connectivity index (χ0n) is 9.21. The fourth-order valence-corrected chi connectivity index (χ4v) is 2.07. The van der Waals surface area contributed by atoms with E-state index in [1.54, 1.807) is 14.0 Å². The molecular formula is C11H21NO2. The van der Waals surface area contributed by atoms with Crippen molar-refractivity contribution in [2.75, 3.05) is 20.3 Å². The lowest BCUT2D eigenvalue weighted by molar-refractivity contribution is -0.121. The van der Waals surface area contributed by atoms with Crippen molar-refractivity contribution >= 4 is 5.78 Å². The van der Waals surface area contributed by atoms with Crippen LogP contribution < -0.4 is 5.32 Å². The van der Waals surface area contributed by atoms with Crippen LogP contribution in [0.5, 0.6) is 0 Å². The Morgan fingerprint density at radius 2 is 2.00 bits per heavy atom. The molecular weight excluding hydrogens is 178 g/mol. The van der Waals surface area contributed by atoms with Crippen LogP contribution in [-0.4, -0.2) is 32.1 Å². The summed E-state index contributed by atoms with van der Waals surface area (Å²) in [4.78, 5) is 11.1. The Morgan fingerprint density at radius 1 is 1.36 bits per heavy atom. The van der Waals surface area contributed by atoms with Crippen LogP contribution in [0.2, 0.25) is 0 Å². The molecule has 3 heteroatoms. The molecule has 1 aliphatic rings. The van der Waals surface area contributed by atoms with Crippen LogP contribution in [-0.2, 0) is 9.53 Å². The number of carbonyl (C=O) groups is 1. The first-order chi connectivity index (χ1) is 6.74. The molecule has 0 atom stereocenters. The van der Waals surface area contributed by atoms with Gasteiger partial charge in [0.15, 0.2) is 0 Å². The normalized spacial score (nSPS) is 27.6. The summed E-state index contributed by atoms with van der Waals surface area (Å²) in [6.45, 7) is 3.40. The van der Waals surface area contributed by atoms with E-state index in [0.717, 1.165) is 38.8 Å². The molecule has 0 heterocycles. The van der Waals surface area contributed by atoms with Crippen molar-refractivity contribution in [3.05, 3.63) is 0 Å². The number of carbonyl (C=O) groups excluding carboxylic acids is 1. The first-order valence-electron chi connectivity index (χ1n) is 5.46. The van der Waals surface area contributed by atoms with Gasteiger partial charge in [-0.1, -0.05) is 0 Å². The van der Waals surface area contributed by atoms with E-state index in [4.69, 9.17) is 4.74 Å². The van der Waals surface area contributed by atoms with Crippen LogP contribution in [0.4, 0.5) is 0 Å². The largest absolute Gasteiger partial charge is 0.383 e. The molecule has 0 bridgehead atoms. The first-order valence-corrected chi connectivity index (χ1v) is 5.46. The number of ether oxygens (including phenoxy) is 1. The maximum absolute atomic E-state index is 11.1. The minimum absolute atomic E-state index is 0.329. The van der Waals surface area contributed by atoms with Gasteiger partial charge in [0.1, 0.15) is 5.78 Å². The molecule has 0 radical (unpaired) electrons. The van der Waals surface area contributed by atoms with Gasteiger partial charge in [0, 0.05) is 25.6 Å². The van der Waals surface area contributed by atoms with E-state index in [0.29, 0.717) is 17.7 Å². The zero-order valence-corrected chi connectivity index (χ0v) is 9.21. The lowest BCUT2D eigenvalue weighted by atomic mass is 9.84. The van der Waals surface area contributed by atoms with Crippen molar-refractivity contribution in [3.63, 3.8) is 0 Å². The average molecular weight is 199 g/mol. The second-order valence-electron chi connectivity index (χ2n) is 4.11. The predicted molar refractivity (Wildman–Crippen MR) is 56.3 cm³/mol. The summed E-state index contributed by atoms with van der Waals surface area (Å²) >= 11 is 0. The van der Waals surface area contributed by atoms with Gasteiger partial charge in [0.05, 0.1) is 6.61 Å². The summed E-state index contributed by atoms with van der Waals surface area (Å²) in [5.41, 5.74) is 0. The SMILES string of the molecule is COCCN[C@H]1CC[C@H](C(C)=O)CC1. The topological polar surface area (TPSA) is 38.3 Å². The smallest absolute Gasteiger partial charge is 0.132 e. The van der Waals surface area contributed by atoms with Crippen molar-refractivity contribution in [1.82, 2.24) is 5.32 Å². The molecule has 0 unspecified atom stereocenters. The van der Waals surface area contributed by atoms with Crippen LogP contribution in [0.1, 0.15) is 32.6 Å². The Kier molecular flexibility index (Phi) is 5.12. The quantitative estimate of drug-likeness (QED) is 0.680. The maximum atomic E-state index is 11.1. The predicted octanol–water partition coefficient (Wildman–Crippen LogP) is 1.37.